The van der Waals surface area contributed by atoms with Gasteiger partial charge in [-0.1, -0.05) is 42.5 Å². The van der Waals surface area contributed by atoms with Gasteiger partial charge in [0, 0.05) is 39.1 Å². The van der Waals surface area contributed by atoms with Crippen molar-refractivity contribution in [3.63, 3.8) is 0 Å². The number of rotatable bonds is 9. The summed E-state index contributed by atoms with van der Waals surface area (Å²) in [4.78, 5) is 29.8. The quantitative estimate of drug-likeness (QED) is 0.558. The smallest absolute Gasteiger partial charge is 0.242 e. The van der Waals surface area contributed by atoms with E-state index in [0.717, 1.165) is 48.7 Å². The maximum atomic E-state index is 12.8. The summed E-state index contributed by atoms with van der Waals surface area (Å²) >= 11 is 0. The molecule has 5 fully saturated rings. The molecule has 196 valence electrons. The van der Waals surface area contributed by atoms with Gasteiger partial charge in [-0.15, -0.1) is 0 Å². The molecule has 2 atom stereocenters. The molecule has 2 aromatic carbocycles. The van der Waals surface area contributed by atoms with Crippen LogP contribution in [0.1, 0.15) is 49.7 Å². The minimum Gasteiger partial charge on any atom is -0.489 e. The summed E-state index contributed by atoms with van der Waals surface area (Å²) in [7, 11) is 0. The van der Waals surface area contributed by atoms with E-state index < -0.39 is 0 Å². The highest BCUT2D eigenvalue weighted by Crippen LogP contribution is 2.65. The number of amides is 2. The summed E-state index contributed by atoms with van der Waals surface area (Å²) < 4.78 is 5.98. The first-order valence-electron chi connectivity index (χ1n) is 14.1. The third-order valence-corrected chi connectivity index (χ3v) is 9.30. The Bertz CT molecular complexity index is 1090. The van der Waals surface area contributed by atoms with Crippen LogP contribution in [0, 0.1) is 23.2 Å². The Morgan fingerprint density at radius 2 is 1.62 bits per heavy atom. The third-order valence-electron chi connectivity index (χ3n) is 9.30. The Labute approximate surface area is 220 Å². The molecule has 2 aromatic rings. The Morgan fingerprint density at radius 1 is 0.892 bits per heavy atom. The van der Waals surface area contributed by atoms with Crippen LogP contribution >= 0.6 is 0 Å². The SMILES string of the molecule is O=C(CC12CC3CC(C1)C(C3)C2)NCC(=O)N1CCN(Cc2cccc(OCc3ccccc3)c2)CC1. The Hall–Kier alpha value is -2.86. The standard InChI is InChI=1S/C31H39N3O3/c35-29(19-31-16-25-13-26(17-31)27(14-25)18-31)32-20-30(36)34-11-9-33(10-12-34)21-24-7-4-8-28(15-24)37-22-23-5-2-1-3-6-23/h1-8,15,25-27H,9-14,16-22H2,(H,32,35). The minimum absolute atomic E-state index is 0.0394. The molecule has 1 N–H and O–H groups in total. The van der Waals surface area contributed by atoms with Crippen LogP contribution in [0.15, 0.2) is 54.6 Å². The van der Waals surface area contributed by atoms with Crippen LogP contribution in [0.5, 0.6) is 5.75 Å². The summed E-state index contributed by atoms with van der Waals surface area (Å²) in [6, 6.07) is 18.5. The first kappa shape index (κ1) is 24.5. The fraction of sp³-hybridized carbons (Fsp3) is 0.548. The molecule has 0 spiro atoms. The molecule has 4 bridgehead atoms. The van der Waals surface area contributed by atoms with Gasteiger partial charge in [-0.25, -0.2) is 0 Å². The van der Waals surface area contributed by atoms with Crippen LogP contribution in [-0.4, -0.2) is 54.3 Å². The highest BCUT2D eigenvalue weighted by atomic mass is 16.5. The van der Waals surface area contributed by atoms with E-state index in [1.54, 1.807) is 0 Å². The second kappa shape index (κ2) is 10.5. The van der Waals surface area contributed by atoms with Crippen LogP contribution in [0.2, 0.25) is 0 Å². The highest BCUT2D eigenvalue weighted by Gasteiger charge is 2.56. The molecule has 4 aliphatic carbocycles. The fourth-order valence-electron chi connectivity index (χ4n) is 7.77. The molecule has 1 aliphatic heterocycles. The number of piperazine rings is 1. The maximum absolute atomic E-state index is 12.8. The van der Waals surface area contributed by atoms with Gasteiger partial charge in [0.1, 0.15) is 12.4 Å². The summed E-state index contributed by atoms with van der Waals surface area (Å²) in [6.45, 7) is 4.61. The van der Waals surface area contributed by atoms with Crippen molar-refractivity contribution in [1.82, 2.24) is 15.1 Å². The van der Waals surface area contributed by atoms with Crippen LogP contribution < -0.4 is 10.1 Å². The molecule has 0 aromatic heterocycles. The van der Waals surface area contributed by atoms with E-state index in [1.165, 1.54) is 37.7 Å². The largest absolute Gasteiger partial charge is 0.489 e. The molecule has 4 saturated carbocycles. The lowest BCUT2D eigenvalue weighted by atomic mass is 9.67. The number of hydrogen-bond donors (Lipinski definition) is 1. The number of carbonyl (C=O) groups is 2. The Kier molecular flexibility index (Phi) is 6.94. The topological polar surface area (TPSA) is 61.9 Å². The van der Waals surface area contributed by atoms with Crippen LogP contribution in [-0.2, 0) is 22.7 Å². The van der Waals surface area contributed by atoms with Crippen molar-refractivity contribution >= 4 is 11.8 Å². The predicted molar refractivity (Wildman–Crippen MR) is 143 cm³/mol. The number of nitrogens with one attached hydrogen (secondary N) is 1. The number of benzene rings is 2. The van der Waals surface area contributed by atoms with Crippen molar-refractivity contribution in [2.24, 2.45) is 23.2 Å². The zero-order valence-corrected chi connectivity index (χ0v) is 21.7. The van der Waals surface area contributed by atoms with Crippen molar-refractivity contribution in [2.45, 2.75) is 51.7 Å². The molecular formula is C31H39N3O3. The van der Waals surface area contributed by atoms with Gasteiger partial charge in [-0.2, -0.15) is 0 Å². The van der Waals surface area contributed by atoms with Gasteiger partial charge in [0.25, 0.3) is 0 Å². The molecule has 5 aliphatic rings. The van der Waals surface area contributed by atoms with E-state index in [-0.39, 0.29) is 23.8 Å². The van der Waals surface area contributed by atoms with Crippen molar-refractivity contribution in [3.05, 3.63) is 65.7 Å². The lowest BCUT2D eigenvalue weighted by Crippen LogP contribution is -2.51. The Morgan fingerprint density at radius 3 is 2.35 bits per heavy atom. The minimum atomic E-state index is 0.0394. The summed E-state index contributed by atoms with van der Waals surface area (Å²) in [6.07, 6.45) is 7.11. The van der Waals surface area contributed by atoms with Gasteiger partial charge in [-0.05, 0) is 78.5 Å². The fourth-order valence-corrected chi connectivity index (χ4v) is 7.77. The summed E-state index contributed by atoms with van der Waals surface area (Å²) in [5.41, 5.74) is 2.60. The van der Waals surface area contributed by atoms with Gasteiger partial charge in [-0.3, -0.25) is 14.5 Å². The zero-order chi connectivity index (χ0) is 25.2. The van der Waals surface area contributed by atoms with Crippen LogP contribution in [0.4, 0.5) is 0 Å². The number of hydrogen-bond acceptors (Lipinski definition) is 4. The van der Waals surface area contributed by atoms with Crippen molar-refractivity contribution in [2.75, 3.05) is 32.7 Å². The average molecular weight is 502 g/mol. The molecule has 0 radical (unpaired) electrons. The second-order valence-electron chi connectivity index (χ2n) is 12.0. The summed E-state index contributed by atoms with van der Waals surface area (Å²) in [5, 5.41) is 2.96. The van der Waals surface area contributed by atoms with Gasteiger partial charge < -0.3 is 15.0 Å². The molecule has 6 heteroatoms. The molecule has 1 saturated heterocycles. The first-order valence-corrected chi connectivity index (χ1v) is 14.1. The normalized spacial score (nSPS) is 28.4. The molecule has 2 unspecified atom stereocenters. The van der Waals surface area contributed by atoms with E-state index in [9.17, 15) is 9.59 Å². The van der Waals surface area contributed by atoms with Crippen molar-refractivity contribution < 1.29 is 14.3 Å². The zero-order valence-electron chi connectivity index (χ0n) is 21.7. The van der Waals surface area contributed by atoms with Crippen molar-refractivity contribution in [1.29, 1.82) is 0 Å². The number of carbonyl (C=O) groups excluding carboxylic acids is 2. The predicted octanol–water partition coefficient (Wildman–Crippen LogP) is 4.24. The molecule has 1 heterocycles. The summed E-state index contributed by atoms with van der Waals surface area (Å²) in [5.74, 6) is 3.58. The van der Waals surface area contributed by atoms with Gasteiger partial charge >= 0.3 is 0 Å². The van der Waals surface area contributed by atoms with E-state index in [1.807, 2.05) is 35.2 Å². The first-order chi connectivity index (χ1) is 18.0. The molecular weight excluding hydrogens is 462 g/mol. The Balaban J connectivity index is 0.917. The lowest BCUT2D eigenvalue weighted by Gasteiger charge is -2.38. The van der Waals surface area contributed by atoms with Crippen molar-refractivity contribution in [3.8, 4) is 5.75 Å². The van der Waals surface area contributed by atoms with E-state index in [4.69, 9.17) is 4.74 Å². The molecule has 37 heavy (non-hydrogen) atoms. The van der Waals surface area contributed by atoms with Gasteiger partial charge in [0.15, 0.2) is 0 Å². The van der Waals surface area contributed by atoms with Gasteiger partial charge in [0.05, 0.1) is 6.54 Å². The number of nitrogens with zero attached hydrogens (tertiary/aromatic N) is 2. The third kappa shape index (κ3) is 5.69. The van der Waals surface area contributed by atoms with E-state index in [0.29, 0.717) is 26.1 Å². The van der Waals surface area contributed by atoms with E-state index in [2.05, 4.69) is 34.5 Å². The second-order valence-corrected chi connectivity index (χ2v) is 12.0. The molecule has 2 amide bonds. The average Bonchev–Trinajstić information content (AvgIpc) is 3.32. The maximum Gasteiger partial charge on any atom is 0.242 e. The molecule has 7 rings (SSSR count). The van der Waals surface area contributed by atoms with Crippen LogP contribution in [0.25, 0.3) is 0 Å². The number of ether oxygens (including phenoxy) is 1. The van der Waals surface area contributed by atoms with Crippen LogP contribution in [0.3, 0.4) is 0 Å². The van der Waals surface area contributed by atoms with Gasteiger partial charge in [0.2, 0.25) is 11.8 Å². The monoisotopic (exact) mass is 501 g/mol. The highest BCUT2D eigenvalue weighted by molar-refractivity contribution is 5.85. The lowest BCUT2D eigenvalue weighted by molar-refractivity contribution is -0.135. The molecule has 6 nitrogen and oxygen atoms in total. The van der Waals surface area contributed by atoms with E-state index >= 15 is 0 Å².